The summed E-state index contributed by atoms with van der Waals surface area (Å²) in [5, 5.41) is 11.8. The van der Waals surface area contributed by atoms with Gasteiger partial charge in [0.1, 0.15) is 6.04 Å². The van der Waals surface area contributed by atoms with Crippen molar-refractivity contribution in [3.8, 4) is 0 Å². The maximum Gasteiger partial charge on any atom is 0.326 e. The molecule has 0 saturated heterocycles. The van der Waals surface area contributed by atoms with Crippen LogP contribution in [0.15, 0.2) is 0 Å². The van der Waals surface area contributed by atoms with E-state index in [0.717, 1.165) is 32.1 Å². The third-order valence-electron chi connectivity index (χ3n) is 4.02. The Balaban J connectivity index is 2.65. The molecule has 2 unspecified atom stereocenters. The molecule has 1 rings (SSSR count). The Kier molecular flexibility index (Phi) is 5.17. The van der Waals surface area contributed by atoms with Gasteiger partial charge in [-0.3, -0.25) is 4.79 Å². The molecule has 1 saturated carbocycles. The van der Waals surface area contributed by atoms with Gasteiger partial charge in [-0.25, -0.2) is 4.79 Å². The number of nitrogens with one attached hydrogen (secondary N) is 1. The number of carboxylic acid groups (broad SMARTS) is 1. The highest BCUT2D eigenvalue weighted by molar-refractivity contribution is 5.85. The number of carbonyl (C=O) groups excluding carboxylic acids is 1. The molecule has 1 amide bonds. The molecule has 4 heteroatoms. The van der Waals surface area contributed by atoms with Crippen molar-refractivity contribution in [1.82, 2.24) is 5.32 Å². The zero-order chi connectivity index (χ0) is 13.8. The van der Waals surface area contributed by atoms with E-state index in [-0.39, 0.29) is 17.2 Å². The molecule has 0 spiro atoms. The fourth-order valence-electron chi connectivity index (χ4n) is 2.80. The van der Waals surface area contributed by atoms with Crippen LogP contribution in [-0.4, -0.2) is 23.0 Å². The van der Waals surface area contributed by atoms with E-state index in [0.29, 0.717) is 6.42 Å². The van der Waals surface area contributed by atoms with E-state index in [1.165, 1.54) is 0 Å². The summed E-state index contributed by atoms with van der Waals surface area (Å²) >= 11 is 0. The molecule has 0 radical (unpaired) electrons. The van der Waals surface area contributed by atoms with E-state index in [2.05, 4.69) is 19.2 Å². The van der Waals surface area contributed by atoms with Crippen LogP contribution in [0.3, 0.4) is 0 Å². The summed E-state index contributed by atoms with van der Waals surface area (Å²) < 4.78 is 0. The van der Waals surface area contributed by atoms with Crippen LogP contribution in [0.2, 0.25) is 0 Å². The second-order valence-electron chi connectivity index (χ2n) is 5.98. The predicted molar refractivity (Wildman–Crippen MR) is 70.2 cm³/mol. The van der Waals surface area contributed by atoms with Crippen molar-refractivity contribution in [2.45, 2.75) is 65.3 Å². The van der Waals surface area contributed by atoms with Gasteiger partial charge in [-0.1, -0.05) is 40.0 Å². The van der Waals surface area contributed by atoms with Crippen molar-refractivity contribution in [2.75, 3.05) is 0 Å². The van der Waals surface area contributed by atoms with Crippen molar-refractivity contribution in [3.05, 3.63) is 0 Å². The number of rotatable bonds is 5. The first kappa shape index (κ1) is 15.0. The van der Waals surface area contributed by atoms with Crippen LogP contribution in [0.1, 0.15) is 59.3 Å². The number of amides is 1. The number of hydrogen-bond acceptors (Lipinski definition) is 2. The summed E-state index contributed by atoms with van der Waals surface area (Å²) in [4.78, 5) is 23.3. The topological polar surface area (TPSA) is 66.4 Å². The van der Waals surface area contributed by atoms with Crippen molar-refractivity contribution in [3.63, 3.8) is 0 Å². The first-order valence-electron chi connectivity index (χ1n) is 6.91. The maximum absolute atomic E-state index is 12.2. The molecule has 2 atom stereocenters. The van der Waals surface area contributed by atoms with Crippen molar-refractivity contribution < 1.29 is 14.7 Å². The molecule has 1 fully saturated rings. The van der Waals surface area contributed by atoms with E-state index in [1.807, 2.05) is 6.92 Å². The van der Waals surface area contributed by atoms with Crippen molar-refractivity contribution >= 4 is 11.9 Å². The quantitative estimate of drug-likeness (QED) is 0.793. The Hall–Kier alpha value is -1.06. The Morgan fingerprint density at radius 1 is 1.39 bits per heavy atom. The molecular weight excluding hydrogens is 230 g/mol. The minimum atomic E-state index is -0.932. The van der Waals surface area contributed by atoms with Crippen LogP contribution in [0, 0.1) is 11.3 Å². The van der Waals surface area contributed by atoms with Crippen molar-refractivity contribution in [1.29, 1.82) is 0 Å². The molecule has 0 heterocycles. The Morgan fingerprint density at radius 3 is 2.56 bits per heavy atom. The summed E-state index contributed by atoms with van der Waals surface area (Å²) in [5.41, 5.74) is -0.0163. The molecule has 0 aromatic carbocycles. The van der Waals surface area contributed by atoms with Gasteiger partial charge in [-0.2, -0.15) is 0 Å². The number of carbonyl (C=O) groups is 2. The lowest BCUT2D eigenvalue weighted by atomic mass is 9.68. The number of carboxylic acids is 1. The van der Waals surface area contributed by atoms with Gasteiger partial charge in [-0.15, -0.1) is 0 Å². The number of hydrogen-bond donors (Lipinski definition) is 2. The molecule has 0 aliphatic heterocycles. The molecule has 1 aliphatic rings. The standard InChI is InChI=1S/C14H25NO3/c1-4-7-11(13(17)18)15-12(16)10-8-5-6-9-14(10,2)3/h10-11H,4-9H2,1-3H3,(H,15,16)(H,17,18). The molecule has 1 aliphatic carbocycles. The summed E-state index contributed by atoms with van der Waals surface area (Å²) in [6, 6.07) is -0.736. The lowest BCUT2D eigenvalue weighted by Gasteiger charge is -2.38. The van der Waals surface area contributed by atoms with Gasteiger partial charge in [0.05, 0.1) is 0 Å². The Morgan fingerprint density at radius 2 is 2.06 bits per heavy atom. The highest BCUT2D eigenvalue weighted by atomic mass is 16.4. The molecular formula is C14H25NO3. The predicted octanol–water partition coefficient (Wildman–Crippen LogP) is 2.57. The first-order chi connectivity index (χ1) is 8.38. The molecule has 2 N–H and O–H groups in total. The van der Waals surface area contributed by atoms with E-state index >= 15 is 0 Å². The minimum Gasteiger partial charge on any atom is -0.480 e. The van der Waals surface area contributed by atoms with Crippen LogP contribution >= 0.6 is 0 Å². The monoisotopic (exact) mass is 255 g/mol. The second-order valence-corrected chi connectivity index (χ2v) is 5.98. The largest absolute Gasteiger partial charge is 0.480 e. The fourth-order valence-corrected chi connectivity index (χ4v) is 2.80. The lowest BCUT2D eigenvalue weighted by Crippen LogP contribution is -2.47. The average molecular weight is 255 g/mol. The molecule has 0 aromatic heterocycles. The van der Waals surface area contributed by atoms with Crippen LogP contribution in [-0.2, 0) is 9.59 Å². The molecule has 4 nitrogen and oxygen atoms in total. The number of aliphatic carboxylic acids is 1. The minimum absolute atomic E-state index is 0.0163. The molecule has 104 valence electrons. The fraction of sp³-hybridized carbons (Fsp3) is 0.857. The zero-order valence-corrected chi connectivity index (χ0v) is 11.7. The SMILES string of the molecule is CCCC(NC(=O)C1CCCCC1(C)C)C(=O)O. The van der Waals surface area contributed by atoms with Gasteiger partial charge >= 0.3 is 5.97 Å². The highest BCUT2D eigenvalue weighted by Gasteiger charge is 2.38. The van der Waals surface area contributed by atoms with Gasteiger partial charge in [0.25, 0.3) is 0 Å². The summed E-state index contributed by atoms with van der Waals surface area (Å²) in [6.07, 6.45) is 5.38. The molecule has 0 bridgehead atoms. The van der Waals surface area contributed by atoms with E-state index in [4.69, 9.17) is 5.11 Å². The van der Waals surface area contributed by atoms with Gasteiger partial charge in [-0.05, 0) is 24.7 Å². The normalized spacial score (nSPS) is 24.3. The van der Waals surface area contributed by atoms with Crippen LogP contribution < -0.4 is 5.32 Å². The summed E-state index contributed by atoms with van der Waals surface area (Å²) in [5.74, 6) is -1.07. The summed E-state index contributed by atoms with van der Waals surface area (Å²) in [6.45, 7) is 6.13. The highest BCUT2D eigenvalue weighted by Crippen LogP contribution is 2.40. The third kappa shape index (κ3) is 3.72. The molecule has 0 aromatic rings. The summed E-state index contributed by atoms with van der Waals surface area (Å²) in [7, 11) is 0. The molecule has 18 heavy (non-hydrogen) atoms. The average Bonchev–Trinajstić information content (AvgIpc) is 2.27. The maximum atomic E-state index is 12.2. The van der Waals surface area contributed by atoms with Gasteiger partial charge in [0, 0.05) is 5.92 Å². The van der Waals surface area contributed by atoms with Crippen LogP contribution in [0.5, 0.6) is 0 Å². The van der Waals surface area contributed by atoms with Crippen molar-refractivity contribution in [2.24, 2.45) is 11.3 Å². The van der Waals surface area contributed by atoms with E-state index in [1.54, 1.807) is 0 Å². The van der Waals surface area contributed by atoms with Crippen LogP contribution in [0.4, 0.5) is 0 Å². The van der Waals surface area contributed by atoms with Gasteiger partial charge < -0.3 is 10.4 Å². The third-order valence-corrected chi connectivity index (χ3v) is 4.02. The Labute approximate surface area is 109 Å². The van der Waals surface area contributed by atoms with Gasteiger partial charge in [0.15, 0.2) is 0 Å². The van der Waals surface area contributed by atoms with Gasteiger partial charge in [0.2, 0.25) is 5.91 Å². The van der Waals surface area contributed by atoms with Crippen LogP contribution in [0.25, 0.3) is 0 Å². The smallest absolute Gasteiger partial charge is 0.326 e. The van der Waals surface area contributed by atoms with E-state index < -0.39 is 12.0 Å². The first-order valence-corrected chi connectivity index (χ1v) is 6.91. The Bertz CT molecular complexity index is 312. The zero-order valence-electron chi connectivity index (χ0n) is 11.7. The second kappa shape index (κ2) is 6.21. The van der Waals surface area contributed by atoms with E-state index in [9.17, 15) is 9.59 Å². The lowest BCUT2D eigenvalue weighted by molar-refractivity contribution is -0.144.